The number of hydrogen-bond acceptors (Lipinski definition) is 4. The Morgan fingerprint density at radius 3 is 2.35 bits per heavy atom. The number of benzene rings is 1. The second-order valence-electron chi connectivity index (χ2n) is 5.48. The zero-order chi connectivity index (χ0) is 14.4. The molecule has 0 unspecified atom stereocenters. The van der Waals surface area contributed by atoms with Crippen molar-refractivity contribution in [3.05, 3.63) is 23.8 Å². The van der Waals surface area contributed by atoms with Gasteiger partial charge in [0.15, 0.2) is 0 Å². The van der Waals surface area contributed by atoms with Crippen LogP contribution in [0.15, 0.2) is 18.2 Å². The first kappa shape index (κ1) is 15.4. The van der Waals surface area contributed by atoms with E-state index in [9.17, 15) is 10.0 Å². The monoisotopic (exact) mass is 277 g/mol. The van der Waals surface area contributed by atoms with Crippen molar-refractivity contribution in [3.8, 4) is 5.75 Å². The molecular weight excluding hydrogens is 253 g/mol. The standard InChI is InChI=1S/C15H24BNO3/c1-20-14-7-8-15(16(18)19)13(11-14)12-17-9-5-3-2-4-6-10-17/h7-8,11,18-19H,2-6,9-10,12H2,1H3. The minimum Gasteiger partial charge on any atom is -0.497 e. The SMILES string of the molecule is COc1ccc(B(O)O)c(CN2CCCCCCC2)c1. The van der Waals surface area contributed by atoms with Crippen molar-refractivity contribution in [1.29, 1.82) is 0 Å². The van der Waals surface area contributed by atoms with Gasteiger partial charge in [0, 0.05) is 6.54 Å². The highest BCUT2D eigenvalue weighted by molar-refractivity contribution is 6.59. The highest BCUT2D eigenvalue weighted by Gasteiger charge is 2.18. The molecule has 5 heteroatoms. The van der Waals surface area contributed by atoms with Crippen molar-refractivity contribution in [2.45, 2.75) is 38.6 Å². The summed E-state index contributed by atoms with van der Waals surface area (Å²) in [6, 6.07) is 5.42. The number of nitrogens with zero attached hydrogens (tertiary/aromatic N) is 1. The van der Waals surface area contributed by atoms with Crippen LogP contribution in [0.2, 0.25) is 0 Å². The first-order valence-corrected chi connectivity index (χ1v) is 7.46. The molecule has 2 N–H and O–H groups in total. The van der Waals surface area contributed by atoms with E-state index in [4.69, 9.17) is 4.74 Å². The summed E-state index contributed by atoms with van der Waals surface area (Å²) in [5.74, 6) is 0.761. The Hall–Kier alpha value is -1.04. The molecule has 20 heavy (non-hydrogen) atoms. The van der Waals surface area contributed by atoms with Gasteiger partial charge < -0.3 is 14.8 Å². The van der Waals surface area contributed by atoms with Gasteiger partial charge in [-0.3, -0.25) is 4.90 Å². The lowest BCUT2D eigenvalue weighted by atomic mass is 9.76. The van der Waals surface area contributed by atoms with Crippen LogP contribution in [0.4, 0.5) is 0 Å². The van der Waals surface area contributed by atoms with Crippen molar-refractivity contribution in [3.63, 3.8) is 0 Å². The molecule has 110 valence electrons. The van der Waals surface area contributed by atoms with E-state index in [0.29, 0.717) is 5.46 Å². The zero-order valence-electron chi connectivity index (χ0n) is 12.2. The van der Waals surface area contributed by atoms with Crippen molar-refractivity contribution >= 4 is 12.6 Å². The summed E-state index contributed by atoms with van der Waals surface area (Å²) in [6.45, 7) is 2.92. The molecule has 0 spiro atoms. The van der Waals surface area contributed by atoms with Gasteiger partial charge in [-0.2, -0.15) is 0 Å². The molecule has 0 atom stereocenters. The fourth-order valence-electron chi connectivity index (χ4n) is 2.81. The highest BCUT2D eigenvalue weighted by atomic mass is 16.5. The molecule has 0 aliphatic carbocycles. The summed E-state index contributed by atoms with van der Waals surface area (Å²) in [5, 5.41) is 19.0. The van der Waals surface area contributed by atoms with Crippen LogP contribution in [-0.2, 0) is 6.54 Å². The van der Waals surface area contributed by atoms with E-state index in [-0.39, 0.29) is 0 Å². The van der Waals surface area contributed by atoms with Crippen LogP contribution in [0, 0.1) is 0 Å². The van der Waals surface area contributed by atoms with Crippen LogP contribution in [0.5, 0.6) is 5.75 Å². The van der Waals surface area contributed by atoms with Crippen molar-refractivity contribution in [2.24, 2.45) is 0 Å². The van der Waals surface area contributed by atoms with Gasteiger partial charge in [0.2, 0.25) is 0 Å². The first-order valence-electron chi connectivity index (χ1n) is 7.46. The predicted octanol–water partition coefficient (Wildman–Crippen LogP) is 1.14. The van der Waals surface area contributed by atoms with E-state index in [1.165, 1.54) is 32.1 Å². The molecule has 1 aliphatic heterocycles. The minimum absolute atomic E-state index is 0.577. The summed E-state index contributed by atoms with van der Waals surface area (Å²) in [7, 11) is 0.204. The molecule has 0 amide bonds. The molecule has 2 rings (SSSR count). The summed E-state index contributed by atoms with van der Waals surface area (Å²) in [6.07, 6.45) is 6.38. The van der Waals surface area contributed by atoms with Gasteiger partial charge in [0.25, 0.3) is 0 Å². The first-order chi connectivity index (χ1) is 9.70. The molecule has 1 saturated heterocycles. The molecule has 1 fully saturated rings. The van der Waals surface area contributed by atoms with Gasteiger partial charge in [-0.15, -0.1) is 0 Å². The number of likely N-dealkylation sites (tertiary alicyclic amines) is 1. The third-order valence-corrected chi connectivity index (χ3v) is 3.97. The second-order valence-corrected chi connectivity index (χ2v) is 5.48. The molecule has 4 nitrogen and oxygen atoms in total. The lowest BCUT2D eigenvalue weighted by Gasteiger charge is -2.25. The van der Waals surface area contributed by atoms with E-state index >= 15 is 0 Å². The number of rotatable bonds is 4. The number of methoxy groups -OCH3 is 1. The summed E-state index contributed by atoms with van der Waals surface area (Å²) < 4.78 is 5.24. The molecule has 0 saturated carbocycles. The molecule has 0 aromatic heterocycles. The Kier molecular flexibility index (Phi) is 5.89. The van der Waals surface area contributed by atoms with Gasteiger partial charge in [-0.25, -0.2) is 0 Å². The van der Waals surface area contributed by atoms with E-state index in [1.807, 2.05) is 6.07 Å². The number of ether oxygens (including phenoxy) is 1. The highest BCUT2D eigenvalue weighted by Crippen LogP contribution is 2.16. The summed E-state index contributed by atoms with van der Waals surface area (Å²) in [5.41, 5.74) is 1.52. The average molecular weight is 277 g/mol. The molecule has 1 aromatic carbocycles. The second kappa shape index (κ2) is 7.67. The number of hydrogen-bond donors (Lipinski definition) is 2. The maximum atomic E-state index is 9.49. The van der Waals surface area contributed by atoms with Crippen LogP contribution in [-0.4, -0.2) is 42.3 Å². The van der Waals surface area contributed by atoms with E-state index in [2.05, 4.69) is 4.90 Å². The van der Waals surface area contributed by atoms with Crippen LogP contribution in [0.1, 0.15) is 37.7 Å². The molecule has 0 bridgehead atoms. The van der Waals surface area contributed by atoms with E-state index in [1.54, 1.807) is 19.2 Å². The maximum absolute atomic E-state index is 9.49. The Morgan fingerprint density at radius 1 is 1.10 bits per heavy atom. The maximum Gasteiger partial charge on any atom is 0.488 e. The van der Waals surface area contributed by atoms with Crippen LogP contribution < -0.4 is 10.2 Å². The van der Waals surface area contributed by atoms with E-state index < -0.39 is 7.12 Å². The predicted molar refractivity (Wildman–Crippen MR) is 81.2 cm³/mol. The van der Waals surface area contributed by atoms with Crippen molar-refractivity contribution in [1.82, 2.24) is 4.90 Å². The van der Waals surface area contributed by atoms with Gasteiger partial charge in [0.1, 0.15) is 5.75 Å². The van der Waals surface area contributed by atoms with E-state index in [0.717, 1.165) is 30.9 Å². The van der Waals surface area contributed by atoms with Gasteiger partial charge in [-0.05, 0) is 49.1 Å². The molecular formula is C15H24BNO3. The Bertz CT molecular complexity index is 418. The fraction of sp³-hybridized carbons (Fsp3) is 0.600. The zero-order valence-corrected chi connectivity index (χ0v) is 12.2. The largest absolute Gasteiger partial charge is 0.497 e. The summed E-state index contributed by atoms with van der Waals surface area (Å²) in [4.78, 5) is 2.40. The Labute approximate surface area is 121 Å². The van der Waals surface area contributed by atoms with Crippen molar-refractivity contribution < 1.29 is 14.8 Å². The summed E-state index contributed by atoms with van der Waals surface area (Å²) >= 11 is 0. The third kappa shape index (κ3) is 4.23. The lowest BCUT2D eigenvalue weighted by Crippen LogP contribution is -2.36. The topological polar surface area (TPSA) is 52.9 Å². The van der Waals surface area contributed by atoms with Gasteiger partial charge in [-0.1, -0.05) is 25.3 Å². The lowest BCUT2D eigenvalue weighted by molar-refractivity contribution is 0.240. The molecule has 1 aliphatic rings. The quantitative estimate of drug-likeness (QED) is 0.810. The van der Waals surface area contributed by atoms with Gasteiger partial charge in [0.05, 0.1) is 7.11 Å². The molecule has 1 heterocycles. The molecule has 0 radical (unpaired) electrons. The molecule has 1 aromatic rings. The average Bonchev–Trinajstić information content (AvgIpc) is 2.41. The van der Waals surface area contributed by atoms with Gasteiger partial charge >= 0.3 is 7.12 Å². The van der Waals surface area contributed by atoms with Crippen LogP contribution >= 0.6 is 0 Å². The Morgan fingerprint density at radius 2 is 1.75 bits per heavy atom. The van der Waals surface area contributed by atoms with Crippen LogP contribution in [0.3, 0.4) is 0 Å². The Balaban J connectivity index is 2.12. The normalized spacial score (nSPS) is 17.4. The van der Waals surface area contributed by atoms with Crippen LogP contribution in [0.25, 0.3) is 0 Å². The fourth-order valence-corrected chi connectivity index (χ4v) is 2.81. The third-order valence-electron chi connectivity index (χ3n) is 3.97. The minimum atomic E-state index is -1.43. The smallest absolute Gasteiger partial charge is 0.488 e. The van der Waals surface area contributed by atoms with Crippen molar-refractivity contribution in [2.75, 3.05) is 20.2 Å².